The minimum Gasteiger partial charge on any atom is -0.351 e. The number of carbonyl (C=O) groups is 1. The molecule has 0 fully saturated rings. The Morgan fingerprint density at radius 1 is 1.50 bits per heavy atom. The molecule has 0 bridgehead atoms. The van der Waals surface area contributed by atoms with Crippen molar-refractivity contribution in [1.29, 1.82) is 0 Å². The van der Waals surface area contributed by atoms with Crippen LogP contribution in [0.2, 0.25) is 5.02 Å². The third-order valence-electron chi connectivity index (χ3n) is 1.65. The molecule has 0 unspecified atom stereocenters. The lowest BCUT2D eigenvalue weighted by Gasteiger charge is -2.06. The third-order valence-corrected chi connectivity index (χ3v) is 2.24. The molecular weight excluding hydrogens is 228 g/mol. The highest BCUT2D eigenvalue weighted by atomic mass is 35.5. The van der Waals surface area contributed by atoms with Crippen LogP contribution in [-0.4, -0.2) is 11.8 Å². The Labute approximate surface area is 91.0 Å². The normalized spacial score (nSPS) is 9.93. The van der Waals surface area contributed by atoms with Crippen molar-refractivity contribution in [2.24, 2.45) is 0 Å². The van der Waals surface area contributed by atoms with Gasteiger partial charge in [0.1, 0.15) is 11.7 Å². The first kappa shape index (κ1) is 11.3. The number of nitrogens with one attached hydrogen (secondary N) is 1. The third kappa shape index (κ3) is 2.86. The van der Waals surface area contributed by atoms with Crippen LogP contribution in [0.25, 0.3) is 0 Å². The van der Waals surface area contributed by atoms with Crippen molar-refractivity contribution in [2.75, 3.05) is 5.88 Å². The van der Waals surface area contributed by atoms with Gasteiger partial charge in [0, 0.05) is 17.1 Å². The number of benzene rings is 1. The minimum absolute atomic E-state index is 0.0526. The molecule has 1 N–H and O–H groups in total. The van der Waals surface area contributed by atoms with E-state index < -0.39 is 5.82 Å². The van der Waals surface area contributed by atoms with E-state index in [-0.39, 0.29) is 23.9 Å². The highest BCUT2D eigenvalue weighted by molar-refractivity contribution is 6.31. The summed E-state index contributed by atoms with van der Waals surface area (Å²) in [6.07, 6.45) is 0. The average molecular weight is 236 g/mol. The van der Waals surface area contributed by atoms with E-state index in [0.717, 1.165) is 0 Å². The van der Waals surface area contributed by atoms with Crippen molar-refractivity contribution in [2.45, 2.75) is 6.54 Å². The van der Waals surface area contributed by atoms with Gasteiger partial charge in [0.15, 0.2) is 0 Å². The molecule has 0 atom stereocenters. The molecule has 2 nitrogen and oxygen atoms in total. The maximum Gasteiger partial charge on any atom is 0.235 e. The van der Waals surface area contributed by atoms with Crippen molar-refractivity contribution in [3.05, 3.63) is 34.6 Å². The van der Waals surface area contributed by atoms with Crippen LogP contribution in [0, 0.1) is 5.82 Å². The van der Waals surface area contributed by atoms with Crippen molar-refractivity contribution in [3.63, 3.8) is 0 Å². The van der Waals surface area contributed by atoms with E-state index >= 15 is 0 Å². The highest BCUT2D eigenvalue weighted by Crippen LogP contribution is 2.18. The smallest absolute Gasteiger partial charge is 0.235 e. The fraction of sp³-hybridized carbons (Fsp3) is 0.222. The zero-order valence-corrected chi connectivity index (χ0v) is 8.70. The fourth-order valence-electron chi connectivity index (χ4n) is 0.935. The van der Waals surface area contributed by atoms with Gasteiger partial charge in [-0.25, -0.2) is 4.39 Å². The first-order chi connectivity index (χ1) is 6.65. The monoisotopic (exact) mass is 235 g/mol. The molecule has 0 aromatic heterocycles. The van der Waals surface area contributed by atoms with Crippen molar-refractivity contribution in [3.8, 4) is 0 Å². The van der Waals surface area contributed by atoms with E-state index in [1.807, 2.05) is 0 Å². The molecule has 76 valence electrons. The molecule has 1 aromatic rings. The van der Waals surface area contributed by atoms with Gasteiger partial charge in [-0.05, 0) is 12.1 Å². The number of carbonyl (C=O) groups excluding carboxylic acids is 1. The Balaban J connectivity index is 2.71. The van der Waals surface area contributed by atoms with Gasteiger partial charge in [-0.3, -0.25) is 4.79 Å². The van der Waals surface area contributed by atoms with Crippen LogP contribution >= 0.6 is 23.2 Å². The summed E-state index contributed by atoms with van der Waals surface area (Å²) < 4.78 is 13.1. The molecule has 0 spiro atoms. The lowest BCUT2D eigenvalue weighted by molar-refractivity contribution is -0.118. The molecule has 14 heavy (non-hydrogen) atoms. The predicted molar refractivity (Wildman–Crippen MR) is 54.0 cm³/mol. The molecule has 1 rings (SSSR count). The summed E-state index contributed by atoms with van der Waals surface area (Å²) in [7, 11) is 0. The van der Waals surface area contributed by atoms with E-state index in [1.54, 1.807) is 6.07 Å². The first-order valence-corrected chi connectivity index (χ1v) is 4.82. The van der Waals surface area contributed by atoms with Crippen LogP contribution in [-0.2, 0) is 11.3 Å². The topological polar surface area (TPSA) is 29.1 Å². The Bertz CT molecular complexity index is 323. The number of hydrogen-bond acceptors (Lipinski definition) is 1. The number of alkyl halides is 1. The number of amides is 1. The van der Waals surface area contributed by atoms with Crippen molar-refractivity contribution < 1.29 is 9.18 Å². The van der Waals surface area contributed by atoms with Gasteiger partial charge in [0.05, 0.1) is 0 Å². The van der Waals surface area contributed by atoms with Crippen LogP contribution in [0.4, 0.5) is 4.39 Å². The van der Waals surface area contributed by atoms with Gasteiger partial charge in [0.25, 0.3) is 0 Å². The summed E-state index contributed by atoms with van der Waals surface area (Å²) in [5.41, 5.74) is 0.271. The van der Waals surface area contributed by atoms with Crippen LogP contribution in [0.15, 0.2) is 18.2 Å². The summed E-state index contributed by atoms with van der Waals surface area (Å²) in [6, 6.07) is 4.35. The Morgan fingerprint density at radius 3 is 2.79 bits per heavy atom. The second-order valence-electron chi connectivity index (χ2n) is 2.61. The summed E-state index contributed by atoms with van der Waals surface area (Å²) in [4.78, 5) is 10.8. The average Bonchev–Trinajstić information content (AvgIpc) is 2.16. The second-order valence-corrected chi connectivity index (χ2v) is 3.29. The molecule has 0 radical (unpaired) electrons. The molecule has 1 aromatic carbocycles. The summed E-state index contributed by atoms with van der Waals surface area (Å²) in [5.74, 6) is -0.940. The van der Waals surface area contributed by atoms with Crippen molar-refractivity contribution >= 4 is 29.1 Å². The molecule has 0 saturated carbocycles. The van der Waals surface area contributed by atoms with E-state index in [9.17, 15) is 9.18 Å². The lowest BCUT2D eigenvalue weighted by atomic mass is 10.2. The fourth-order valence-corrected chi connectivity index (χ4v) is 1.26. The Morgan fingerprint density at radius 2 is 2.21 bits per heavy atom. The molecular formula is C9H8Cl2FNO. The number of halogens is 3. The molecule has 0 heterocycles. The van der Waals surface area contributed by atoms with Gasteiger partial charge < -0.3 is 5.32 Å². The van der Waals surface area contributed by atoms with Crippen LogP contribution in [0.5, 0.6) is 0 Å². The largest absolute Gasteiger partial charge is 0.351 e. The lowest BCUT2D eigenvalue weighted by Crippen LogP contribution is -2.24. The Hall–Kier alpha value is -0.800. The van der Waals surface area contributed by atoms with Gasteiger partial charge in [-0.2, -0.15) is 0 Å². The predicted octanol–water partition coefficient (Wildman–Crippen LogP) is 2.33. The van der Waals surface area contributed by atoms with Crippen molar-refractivity contribution in [1.82, 2.24) is 5.32 Å². The van der Waals surface area contributed by atoms with Crippen LogP contribution < -0.4 is 5.32 Å². The van der Waals surface area contributed by atoms with E-state index in [2.05, 4.69) is 5.32 Å². The summed E-state index contributed by atoms with van der Waals surface area (Å²) >= 11 is 11.0. The standard InChI is InChI=1S/C9H8Cl2FNO/c10-4-9(14)13-5-6-7(11)2-1-3-8(6)12/h1-3H,4-5H2,(H,13,14). The maximum absolute atomic E-state index is 13.1. The van der Waals surface area contributed by atoms with E-state index in [1.165, 1.54) is 12.1 Å². The number of hydrogen-bond donors (Lipinski definition) is 1. The first-order valence-electron chi connectivity index (χ1n) is 3.90. The molecule has 1 amide bonds. The summed E-state index contributed by atoms with van der Waals surface area (Å²) in [5, 5.41) is 2.73. The Kier molecular flexibility index (Phi) is 4.17. The van der Waals surface area contributed by atoms with Gasteiger partial charge in [-0.1, -0.05) is 17.7 Å². The molecule has 0 aliphatic carbocycles. The summed E-state index contributed by atoms with van der Waals surface area (Å²) in [6.45, 7) is 0.0526. The van der Waals surface area contributed by atoms with E-state index in [0.29, 0.717) is 5.02 Å². The van der Waals surface area contributed by atoms with Gasteiger partial charge in [0.2, 0.25) is 5.91 Å². The van der Waals surface area contributed by atoms with Gasteiger partial charge >= 0.3 is 0 Å². The molecule has 0 saturated heterocycles. The molecule has 0 aliphatic rings. The minimum atomic E-state index is -0.438. The van der Waals surface area contributed by atoms with Crippen LogP contribution in [0.3, 0.4) is 0 Å². The second kappa shape index (κ2) is 5.17. The maximum atomic E-state index is 13.1. The number of rotatable bonds is 3. The quantitative estimate of drug-likeness (QED) is 0.801. The zero-order valence-electron chi connectivity index (χ0n) is 7.19. The zero-order chi connectivity index (χ0) is 10.6. The van der Waals surface area contributed by atoms with Gasteiger partial charge in [-0.15, -0.1) is 11.6 Å². The highest BCUT2D eigenvalue weighted by Gasteiger charge is 2.07. The van der Waals surface area contributed by atoms with Crippen LogP contribution in [0.1, 0.15) is 5.56 Å². The SMILES string of the molecule is O=C(CCl)NCc1c(F)cccc1Cl. The van der Waals surface area contributed by atoms with E-state index in [4.69, 9.17) is 23.2 Å². The molecule has 0 aliphatic heterocycles. The molecule has 5 heteroatoms.